The monoisotopic (exact) mass is 531 g/mol. The Morgan fingerprint density at radius 1 is 1.13 bits per heavy atom. The van der Waals surface area contributed by atoms with Gasteiger partial charge in [-0.1, -0.05) is 30.3 Å². The lowest BCUT2D eigenvalue weighted by Crippen LogP contribution is -2.42. The molecule has 0 radical (unpaired) electrons. The number of benzene rings is 2. The lowest BCUT2D eigenvalue weighted by atomic mass is 10.1. The molecule has 1 amide bonds. The van der Waals surface area contributed by atoms with E-state index in [0.717, 1.165) is 11.1 Å². The first-order chi connectivity index (χ1) is 18.0. The van der Waals surface area contributed by atoms with Crippen LogP contribution in [0.5, 0.6) is 11.5 Å². The van der Waals surface area contributed by atoms with Crippen LogP contribution in [0.1, 0.15) is 55.6 Å². The van der Waals surface area contributed by atoms with Crippen LogP contribution in [0.2, 0.25) is 0 Å². The molecule has 2 aromatic carbocycles. The van der Waals surface area contributed by atoms with Crippen molar-refractivity contribution in [2.75, 3.05) is 26.9 Å². The van der Waals surface area contributed by atoms with E-state index in [1.54, 1.807) is 24.0 Å². The Labute approximate surface area is 224 Å². The zero-order valence-electron chi connectivity index (χ0n) is 23.0. The minimum Gasteiger partial charge on any atom is -0.490 e. The standard InChI is InChI=1S/C29H38FNO7/c1-19-12-24(26(27(32)34-6)25(13-19)37-20(2)15-30)36-18-22-14-23(35-17-21-10-8-7-9-11-21)16-31(22)28(33)38-29(3,4)5/h7-13,20,22-23H,14-18H2,1-6H3/t20-,22-,23+/m1/s1. The van der Waals surface area contributed by atoms with Gasteiger partial charge in [0, 0.05) is 0 Å². The molecule has 0 N–H and O–H groups in total. The van der Waals surface area contributed by atoms with E-state index in [-0.39, 0.29) is 35.8 Å². The smallest absolute Gasteiger partial charge is 0.410 e. The number of methoxy groups -OCH3 is 1. The van der Waals surface area contributed by atoms with Gasteiger partial charge in [0.25, 0.3) is 0 Å². The largest absolute Gasteiger partial charge is 0.490 e. The average Bonchev–Trinajstić information content (AvgIpc) is 3.28. The molecule has 1 aliphatic heterocycles. The molecule has 9 heteroatoms. The number of amides is 1. The van der Waals surface area contributed by atoms with Crippen LogP contribution in [0.15, 0.2) is 42.5 Å². The van der Waals surface area contributed by atoms with Crippen molar-refractivity contribution in [2.45, 2.75) is 71.5 Å². The van der Waals surface area contributed by atoms with Gasteiger partial charge in [0.15, 0.2) is 0 Å². The first kappa shape index (κ1) is 29.2. The normalized spacial score (nSPS) is 18.1. The van der Waals surface area contributed by atoms with Crippen LogP contribution in [0.4, 0.5) is 9.18 Å². The Kier molecular flexibility index (Phi) is 9.96. The van der Waals surface area contributed by atoms with Crippen molar-refractivity contribution in [3.05, 3.63) is 59.2 Å². The number of ether oxygens (including phenoxy) is 5. The van der Waals surface area contributed by atoms with Gasteiger partial charge in [-0.05, 0) is 64.3 Å². The fourth-order valence-corrected chi connectivity index (χ4v) is 4.15. The van der Waals surface area contributed by atoms with Gasteiger partial charge < -0.3 is 23.7 Å². The summed E-state index contributed by atoms with van der Waals surface area (Å²) >= 11 is 0. The molecule has 0 bridgehead atoms. The van der Waals surface area contributed by atoms with Gasteiger partial charge in [-0.25, -0.2) is 14.0 Å². The van der Waals surface area contributed by atoms with Crippen LogP contribution in [-0.2, 0) is 20.8 Å². The fourth-order valence-electron chi connectivity index (χ4n) is 4.15. The minimum atomic E-state index is -0.756. The summed E-state index contributed by atoms with van der Waals surface area (Å²) in [4.78, 5) is 27.3. The van der Waals surface area contributed by atoms with Crippen molar-refractivity contribution in [3.63, 3.8) is 0 Å². The summed E-state index contributed by atoms with van der Waals surface area (Å²) in [5, 5.41) is 0. The van der Waals surface area contributed by atoms with Crippen LogP contribution < -0.4 is 9.47 Å². The SMILES string of the molecule is COC(=O)c1c(OC[C@H]2C[C@H](OCc3ccccc3)CN2C(=O)OC(C)(C)C)cc(C)cc1O[C@H](C)CF. The molecule has 3 atom stereocenters. The number of nitrogens with zero attached hydrogens (tertiary/aromatic N) is 1. The highest BCUT2D eigenvalue weighted by Crippen LogP contribution is 2.33. The Balaban J connectivity index is 1.81. The molecule has 0 saturated carbocycles. The molecular weight excluding hydrogens is 493 g/mol. The summed E-state index contributed by atoms with van der Waals surface area (Å²) in [7, 11) is 1.25. The number of hydrogen-bond acceptors (Lipinski definition) is 7. The van der Waals surface area contributed by atoms with E-state index in [2.05, 4.69) is 0 Å². The van der Waals surface area contributed by atoms with Crippen molar-refractivity contribution in [1.82, 2.24) is 4.90 Å². The fraction of sp³-hybridized carbons (Fsp3) is 0.517. The molecule has 3 rings (SSSR count). The van der Waals surface area contributed by atoms with E-state index < -0.39 is 30.4 Å². The van der Waals surface area contributed by atoms with Crippen LogP contribution in [0.3, 0.4) is 0 Å². The zero-order chi connectivity index (χ0) is 27.9. The molecule has 0 unspecified atom stereocenters. The third-order valence-electron chi connectivity index (χ3n) is 5.91. The maximum Gasteiger partial charge on any atom is 0.410 e. The summed E-state index contributed by atoms with van der Waals surface area (Å²) in [6.07, 6.45) is -0.922. The number of carbonyl (C=O) groups is 2. The molecule has 0 aromatic heterocycles. The van der Waals surface area contributed by atoms with Gasteiger partial charge in [0.1, 0.15) is 42.0 Å². The highest BCUT2D eigenvalue weighted by molar-refractivity contribution is 5.95. The minimum absolute atomic E-state index is 0.0668. The van der Waals surface area contributed by atoms with Crippen LogP contribution in [0, 0.1) is 6.92 Å². The highest BCUT2D eigenvalue weighted by Gasteiger charge is 2.39. The topological polar surface area (TPSA) is 83.5 Å². The summed E-state index contributed by atoms with van der Waals surface area (Å²) in [5.41, 5.74) is 1.19. The third kappa shape index (κ3) is 8.08. The Bertz CT molecular complexity index is 1090. The first-order valence-corrected chi connectivity index (χ1v) is 12.7. The molecule has 1 fully saturated rings. The maximum atomic E-state index is 13.2. The highest BCUT2D eigenvalue weighted by atomic mass is 19.1. The van der Waals surface area contributed by atoms with Gasteiger partial charge in [-0.2, -0.15) is 0 Å². The zero-order valence-corrected chi connectivity index (χ0v) is 23.0. The number of hydrogen-bond donors (Lipinski definition) is 0. The Morgan fingerprint density at radius 3 is 2.45 bits per heavy atom. The molecule has 38 heavy (non-hydrogen) atoms. The summed E-state index contributed by atoms with van der Waals surface area (Å²) < 4.78 is 41.6. The van der Waals surface area contributed by atoms with E-state index >= 15 is 0 Å². The van der Waals surface area contributed by atoms with Gasteiger partial charge in [0.2, 0.25) is 0 Å². The van der Waals surface area contributed by atoms with E-state index in [1.807, 2.05) is 58.0 Å². The molecule has 8 nitrogen and oxygen atoms in total. The van der Waals surface area contributed by atoms with Crippen molar-refractivity contribution in [1.29, 1.82) is 0 Å². The van der Waals surface area contributed by atoms with Crippen molar-refractivity contribution >= 4 is 12.1 Å². The number of aryl methyl sites for hydroxylation is 1. The Morgan fingerprint density at radius 2 is 1.82 bits per heavy atom. The molecule has 0 spiro atoms. The molecule has 2 aromatic rings. The predicted octanol–water partition coefficient (Wildman–Crippen LogP) is 5.49. The number of esters is 1. The summed E-state index contributed by atoms with van der Waals surface area (Å²) in [5.74, 6) is -0.257. The second kappa shape index (κ2) is 13.0. The molecule has 1 heterocycles. The molecule has 1 saturated heterocycles. The van der Waals surface area contributed by atoms with Gasteiger partial charge in [-0.15, -0.1) is 0 Å². The second-order valence-electron chi connectivity index (χ2n) is 10.5. The van der Waals surface area contributed by atoms with E-state index in [4.69, 9.17) is 23.7 Å². The van der Waals surface area contributed by atoms with E-state index in [1.165, 1.54) is 7.11 Å². The number of likely N-dealkylation sites (tertiary alicyclic amines) is 1. The van der Waals surface area contributed by atoms with Crippen LogP contribution in [0.25, 0.3) is 0 Å². The van der Waals surface area contributed by atoms with Gasteiger partial charge in [0.05, 0.1) is 32.4 Å². The molecule has 0 aliphatic carbocycles. The lowest BCUT2D eigenvalue weighted by molar-refractivity contribution is 0.0126. The summed E-state index contributed by atoms with van der Waals surface area (Å²) in [6, 6.07) is 12.8. The van der Waals surface area contributed by atoms with Crippen molar-refractivity contribution in [3.8, 4) is 11.5 Å². The average molecular weight is 532 g/mol. The third-order valence-corrected chi connectivity index (χ3v) is 5.91. The predicted molar refractivity (Wildman–Crippen MR) is 140 cm³/mol. The number of carbonyl (C=O) groups excluding carboxylic acids is 2. The van der Waals surface area contributed by atoms with Crippen molar-refractivity contribution in [2.24, 2.45) is 0 Å². The molecule has 208 valence electrons. The number of alkyl halides is 1. The first-order valence-electron chi connectivity index (χ1n) is 12.7. The van der Waals surface area contributed by atoms with Crippen LogP contribution in [-0.4, -0.2) is 67.7 Å². The van der Waals surface area contributed by atoms with Gasteiger partial charge in [-0.3, -0.25) is 4.90 Å². The maximum absolute atomic E-state index is 13.2. The summed E-state index contributed by atoms with van der Waals surface area (Å²) in [6.45, 7) is 8.93. The van der Waals surface area contributed by atoms with Crippen molar-refractivity contribution < 1.29 is 37.7 Å². The number of halogens is 1. The quantitative estimate of drug-likeness (QED) is 0.375. The lowest BCUT2D eigenvalue weighted by Gasteiger charge is -2.28. The van der Waals surface area contributed by atoms with E-state index in [9.17, 15) is 14.0 Å². The molecule has 1 aliphatic rings. The second-order valence-corrected chi connectivity index (χ2v) is 10.5. The Hall–Kier alpha value is -3.33. The van der Waals surface area contributed by atoms with Gasteiger partial charge >= 0.3 is 12.1 Å². The van der Waals surface area contributed by atoms with E-state index in [0.29, 0.717) is 19.6 Å². The van der Waals surface area contributed by atoms with Crippen LogP contribution >= 0.6 is 0 Å². The molecular formula is C29H38FNO7. The number of rotatable bonds is 10.